The van der Waals surface area contributed by atoms with Gasteiger partial charge in [-0.15, -0.1) is 0 Å². The fourth-order valence-corrected chi connectivity index (χ4v) is 4.95. The van der Waals surface area contributed by atoms with Crippen molar-refractivity contribution in [3.05, 3.63) is 113 Å². The van der Waals surface area contributed by atoms with Crippen LogP contribution in [0, 0.1) is 5.92 Å². The van der Waals surface area contributed by atoms with E-state index < -0.39 is 0 Å². The molecular formula is C30H35NO. The maximum atomic E-state index is 5.82. The number of rotatable bonds is 10. The van der Waals surface area contributed by atoms with Gasteiger partial charge in [-0.25, -0.2) is 0 Å². The summed E-state index contributed by atoms with van der Waals surface area (Å²) < 4.78 is 5.82. The Morgan fingerprint density at radius 1 is 0.812 bits per heavy atom. The molecule has 2 nitrogen and oxygen atoms in total. The molecule has 1 atom stereocenters. The van der Waals surface area contributed by atoms with Crippen LogP contribution in [-0.2, 0) is 23.0 Å². The largest absolute Gasteiger partial charge is 0.383 e. The minimum absolute atomic E-state index is 0.143. The average Bonchev–Trinajstić information content (AvgIpc) is 3.09. The van der Waals surface area contributed by atoms with E-state index in [0.717, 1.165) is 25.9 Å². The minimum atomic E-state index is -0.143. The van der Waals surface area contributed by atoms with Gasteiger partial charge in [-0.2, -0.15) is 0 Å². The Kier molecular flexibility index (Phi) is 7.24. The van der Waals surface area contributed by atoms with Crippen LogP contribution in [0.3, 0.4) is 0 Å². The smallest absolute Gasteiger partial charge is 0.0606 e. The molecule has 1 aliphatic carbocycles. The van der Waals surface area contributed by atoms with E-state index in [1.807, 2.05) is 7.11 Å². The third-order valence-electron chi connectivity index (χ3n) is 6.33. The van der Waals surface area contributed by atoms with Gasteiger partial charge in [-0.05, 0) is 58.7 Å². The quantitative estimate of drug-likeness (QED) is 0.427. The summed E-state index contributed by atoms with van der Waals surface area (Å²) in [5.74, 6) is 0.618. The second-order valence-electron chi connectivity index (χ2n) is 9.45. The molecule has 0 aromatic heterocycles. The van der Waals surface area contributed by atoms with Gasteiger partial charge in [0.25, 0.3) is 0 Å². The van der Waals surface area contributed by atoms with Crippen molar-refractivity contribution >= 4 is 5.57 Å². The van der Waals surface area contributed by atoms with E-state index in [4.69, 9.17) is 4.74 Å². The number of hydrogen-bond acceptors (Lipinski definition) is 2. The second kappa shape index (κ2) is 10.3. The first kappa shape index (κ1) is 22.5. The van der Waals surface area contributed by atoms with Gasteiger partial charge in [0.1, 0.15) is 0 Å². The summed E-state index contributed by atoms with van der Waals surface area (Å²) in [6, 6.07) is 28.4. The SMILES string of the molecule is COCC1(CNCC(C)C)C=C(Cc2ccccc2)c2c(Cc3ccccc3)cccc21. The third-order valence-corrected chi connectivity index (χ3v) is 6.33. The van der Waals surface area contributed by atoms with Gasteiger partial charge in [0.15, 0.2) is 0 Å². The molecule has 1 aliphatic rings. The molecule has 0 spiro atoms. The van der Waals surface area contributed by atoms with E-state index in [1.165, 1.54) is 33.4 Å². The van der Waals surface area contributed by atoms with Crippen LogP contribution in [0.15, 0.2) is 84.9 Å². The fourth-order valence-electron chi connectivity index (χ4n) is 4.95. The number of benzene rings is 3. The molecule has 0 aliphatic heterocycles. The zero-order valence-corrected chi connectivity index (χ0v) is 19.6. The highest BCUT2D eigenvalue weighted by Gasteiger charge is 2.39. The molecule has 32 heavy (non-hydrogen) atoms. The van der Waals surface area contributed by atoms with Crippen molar-refractivity contribution in [2.75, 3.05) is 26.8 Å². The molecule has 2 heteroatoms. The van der Waals surface area contributed by atoms with Gasteiger partial charge in [0, 0.05) is 13.7 Å². The van der Waals surface area contributed by atoms with E-state index in [1.54, 1.807) is 0 Å². The molecule has 4 rings (SSSR count). The Bertz CT molecular complexity index is 1040. The third kappa shape index (κ3) is 5.03. The molecule has 3 aromatic carbocycles. The second-order valence-corrected chi connectivity index (χ2v) is 9.45. The number of methoxy groups -OCH3 is 1. The minimum Gasteiger partial charge on any atom is -0.383 e. The van der Waals surface area contributed by atoms with Gasteiger partial charge >= 0.3 is 0 Å². The molecule has 0 amide bonds. The molecule has 0 saturated carbocycles. The van der Waals surface area contributed by atoms with Gasteiger partial charge in [0.2, 0.25) is 0 Å². The maximum absolute atomic E-state index is 5.82. The van der Waals surface area contributed by atoms with Crippen LogP contribution in [0.1, 0.15) is 41.7 Å². The van der Waals surface area contributed by atoms with Gasteiger partial charge in [0.05, 0.1) is 12.0 Å². The van der Waals surface area contributed by atoms with Crippen LogP contribution < -0.4 is 5.32 Å². The van der Waals surface area contributed by atoms with Gasteiger partial charge in [-0.3, -0.25) is 0 Å². The summed E-state index contributed by atoms with van der Waals surface area (Å²) in [5.41, 5.74) is 8.19. The molecule has 0 fully saturated rings. The first-order valence-corrected chi connectivity index (χ1v) is 11.7. The molecule has 1 unspecified atom stereocenters. The Hall–Kier alpha value is -2.68. The lowest BCUT2D eigenvalue weighted by Crippen LogP contribution is -2.40. The number of fused-ring (bicyclic) bond motifs is 1. The van der Waals surface area contributed by atoms with Crippen LogP contribution in [-0.4, -0.2) is 26.8 Å². The summed E-state index contributed by atoms with van der Waals surface area (Å²) in [5, 5.41) is 3.72. The molecule has 0 heterocycles. The predicted octanol–water partition coefficient (Wildman–Crippen LogP) is 6.05. The van der Waals surface area contributed by atoms with Gasteiger partial charge in [-0.1, -0.05) is 98.8 Å². The van der Waals surface area contributed by atoms with Crippen molar-refractivity contribution in [3.8, 4) is 0 Å². The highest BCUT2D eigenvalue weighted by molar-refractivity contribution is 5.80. The summed E-state index contributed by atoms with van der Waals surface area (Å²) in [4.78, 5) is 0. The Balaban J connectivity index is 1.77. The van der Waals surface area contributed by atoms with Crippen LogP contribution >= 0.6 is 0 Å². The monoisotopic (exact) mass is 425 g/mol. The molecule has 166 valence electrons. The zero-order valence-electron chi connectivity index (χ0n) is 19.6. The van der Waals surface area contributed by atoms with Crippen LogP contribution in [0.25, 0.3) is 5.57 Å². The van der Waals surface area contributed by atoms with E-state index in [9.17, 15) is 0 Å². The van der Waals surface area contributed by atoms with E-state index >= 15 is 0 Å². The van der Waals surface area contributed by atoms with Crippen LogP contribution in [0.5, 0.6) is 0 Å². The Morgan fingerprint density at radius 3 is 2.09 bits per heavy atom. The maximum Gasteiger partial charge on any atom is 0.0606 e. The molecule has 0 saturated heterocycles. The Morgan fingerprint density at radius 2 is 1.47 bits per heavy atom. The van der Waals surface area contributed by atoms with E-state index in [2.05, 4.69) is 104 Å². The number of allylic oxidation sites excluding steroid dienone is 1. The van der Waals surface area contributed by atoms with Gasteiger partial charge < -0.3 is 10.1 Å². The Labute approximate surface area is 193 Å². The number of hydrogen-bond donors (Lipinski definition) is 1. The van der Waals surface area contributed by atoms with Crippen molar-refractivity contribution in [2.24, 2.45) is 5.92 Å². The number of nitrogens with one attached hydrogen (secondary N) is 1. The molecule has 3 aromatic rings. The van der Waals surface area contributed by atoms with Crippen molar-refractivity contribution in [2.45, 2.75) is 32.1 Å². The normalized spacial score (nSPS) is 17.4. The molecule has 0 bridgehead atoms. The average molecular weight is 426 g/mol. The lowest BCUT2D eigenvalue weighted by Gasteiger charge is -2.30. The summed E-state index contributed by atoms with van der Waals surface area (Å²) in [6.07, 6.45) is 4.38. The first-order valence-electron chi connectivity index (χ1n) is 11.7. The summed E-state index contributed by atoms with van der Waals surface area (Å²) in [7, 11) is 1.82. The van der Waals surface area contributed by atoms with Crippen molar-refractivity contribution in [3.63, 3.8) is 0 Å². The standard InChI is InChI=1S/C30H35NO/c1-23(2)20-31-21-30(22-32-3)19-27(18-25-13-8-5-9-14-25)29-26(15-10-16-28(29)30)17-24-11-6-4-7-12-24/h4-16,19,23,31H,17-18,20-22H2,1-3H3. The van der Waals surface area contributed by atoms with Crippen molar-refractivity contribution in [1.29, 1.82) is 0 Å². The topological polar surface area (TPSA) is 21.3 Å². The van der Waals surface area contributed by atoms with E-state index in [-0.39, 0.29) is 5.41 Å². The van der Waals surface area contributed by atoms with Crippen LogP contribution in [0.2, 0.25) is 0 Å². The number of ether oxygens (including phenoxy) is 1. The predicted molar refractivity (Wildman–Crippen MR) is 135 cm³/mol. The lowest BCUT2D eigenvalue weighted by atomic mass is 9.81. The zero-order chi connectivity index (χ0) is 22.4. The van der Waals surface area contributed by atoms with E-state index in [0.29, 0.717) is 12.5 Å². The van der Waals surface area contributed by atoms with Crippen LogP contribution in [0.4, 0.5) is 0 Å². The molecular weight excluding hydrogens is 390 g/mol. The fraction of sp³-hybridized carbons (Fsp3) is 0.333. The first-order chi connectivity index (χ1) is 15.6. The summed E-state index contributed by atoms with van der Waals surface area (Å²) >= 11 is 0. The summed E-state index contributed by atoms with van der Waals surface area (Å²) in [6.45, 7) is 7.09. The molecule has 0 radical (unpaired) electrons. The lowest BCUT2D eigenvalue weighted by molar-refractivity contribution is 0.150. The highest BCUT2D eigenvalue weighted by Crippen LogP contribution is 2.44. The highest BCUT2D eigenvalue weighted by atomic mass is 16.5. The van der Waals surface area contributed by atoms with Crippen molar-refractivity contribution in [1.82, 2.24) is 5.32 Å². The molecule has 1 N–H and O–H groups in total. The van der Waals surface area contributed by atoms with Crippen molar-refractivity contribution < 1.29 is 4.74 Å².